The molecule has 1 fully saturated rings. The minimum absolute atomic E-state index is 0.0909. The third-order valence-corrected chi connectivity index (χ3v) is 7.30. The first-order valence-electron chi connectivity index (χ1n) is 13.4. The van der Waals surface area contributed by atoms with Crippen LogP contribution in [0, 0.1) is 5.92 Å². The van der Waals surface area contributed by atoms with Crippen LogP contribution in [0.2, 0.25) is 5.02 Å². The molecule has 1 atom stereocenters. The second-order valence-corrected chi connectivity index (χ2v) is 10.9. The van der Waals surface area contributed by atoms with Gasteiger partial charge in [0, 0.05) is 47.4 Å². The molecule has 1 aliphatic carbocycles. The zero-order chi connectivity index (χ0) is 29.7. The van der Waals surface area contributed by atoms with Crippen LogP contribution in [0.15, 0.2) is 48.5 Å². The number of hydrogen-bond acceptors (Lipinski definition) is 6. The molecule has 41 heavy (non-hydrogen) atoms. The van der Waals surface area contributed by atoms with E-state index in [4.69, 9.17) is 16.3 Å². The van der Waals surface area contributed by atoms with E-state index in [1.54, 1.807) is 30.3 Å². The monoisotopic (exact) mass is 589 g/mol. The van der Waals surface area contributed by atoms with Crippen molar-refractivity contribution < 1.29 is 32.3 Å². The van der Waals surface area contributed by atoms with Gasteiger partial charge < -0.3 is 20.2 Å². The van der Waals surface area contributed by atoms with E-state index in [0.29, 0.717) is 53.9 Å². The van der Waals surface area contributed by atoms with Crippen LogP contribution in [0.3, 0.4) is 0 Å². The van der Waals surface area contributed by atoms with Crippen LogP contribution in [0.5, 0.6) is 5.75 Å². The van der Waals surface area contributed by atoms with Gasteiger partial charge in [0.05, 0.1) is 5.52 Å². The molecule has 0 aliphatic heterocycles. The van der Waals surface area contributed by atoms with E-state index in [-0.39, 0.29) is 35.7 Å². The van der Waals surface area contributed by atoms with Crippen LogP contribution in [0.4, 0.5) is 18.9 Å². The Balaban J connectivity index is 1.38. The highest BCUT2D eigenvalue weighted by atomic mass is 35.5. The van der Waals surface area contributed by atoms with E-state index >= 15 is 0 Å². The number of anilines is 1. The first-order chi connectivity index (χ1) is 19.4. The van der Waals surface area contributed by atoms with Gasteiger partial charge >= 0.3 is 12.1 Å². The number of ketones is 1. The molecule has 0 unspecified atom stereocenters. The molecular formula is C30H31ClF3N3O4. The number of nitrogens with zero attached hydrogens (tertiary/aromatic N) is 1. The maximum Gasteiger partial charge on any atom is 0.433 e. The van der Waals surface area contributed by atoms with Crippen molar-refractivity contribution in [3.8, 4) is 5.75 Å². The number of amides is 1. The van der Waals surface area contributed by atoms with Crippen LogP contribution >= 0.6 is 11.6 Å². The highest BCUT2D eigenvalue weighted by Crippen LogP contribution is 2.35. The first-order valence-corrected chi connectivity index (χ1v) is 13.8. The number of halogens is 4. The minimum Gasteiger partial charge on any atom is -0.427 e. The molecule has 7 nitrogen and oxygen atoms in total. The number of ether oxygens (including phenoxy) is 1. The Morgan fingerprint density at radius 2 is 1.66 bits per heavy atom. The smallest absolute Gasteiger partial charge is 0.427 e. The Kier molecular flexibility index (Phi) is 9.53. The minimum atomic E-state index is -4.59. The SMILES string of the molecule is CC(=O)C[C@@H](Cc1ccc(OC(C)=O)cc1)C(=O)NC1CCC(Nc2cc(C(F)(F)F)nc3ccc(Cl)cc23)CC1. The molecular weight excluding hydrogens is 559 g/mol. The van der Waals surface area contributed by atoms with Crippen molar-refractivity contribution in [1.29, 1.82) is 0 Å². The molecule has 0 bridgehead atoms. The highest BCUT2D eigenvalue weighted by molar-refractivity contribution is 6.31. The number of hydrogen-bond donors (Lipinski definition) is 2. The zero-order valence-corrected chi connectivity index (χ0v) is 23.4. The number of nitrogens with one attached hydrogen (secondary N) is 2. The normalized spacial score (nSPS) is 18.0. The summed E-state index contributed by atoms with van der Waals surface area (Å²) >= 11 is 6.11. The van der Waals surface area contributed by atoms with Gasteiger partial charge in [-0.1, -0.05) is 23.7 Å². The number of carbonyl (C=O) groups is 3. The van der Waals surface area contributed by atoms with E-state index in [1.165, 1.54) is 26.0 Å². The molecule has 0 radical (unpaired) electrons. The fraction of sp³-hybridized carbons (Fsp3) is 0.400. The molecule has 2 aromatic carbocycles. The number of aromatic nitrogens is 1. The van der Waals surface area contributed by atoms with E-state index in [2.05, 4.69) is 15.6 Å². The number of fused-ring (bicyclic) bond motifs is 1. The number of esters is 1. The van der Waals surface area contributed by atoms with Gasteiger partial charge in [-0.25, -0.2) is 4.98 Å². The van der Waals surface area contributed by atoms with Gasteiger partial charge in [-0.15, -0.1) is 0 Å². The largest absolute Gasteiger partial charge is 0.433 e. The van der Waals surface area contributed by atoms with Crippen molar-refractivity contribution in [1.82, 2.24) is 10.3 Å². The summed E-state index contributed by atoms with van der Waals surface area (Å²) in [7, 11) is 0. The summed E-state index contributed by atoms with van der Waals surface area (Å²) in [6.07, 6.45) is -1.63. The van der Waals surface area contributed by atoms with Gasteiger partial charge in [0.1, 0.15) is 17.2 Å². The van der Waals surface area contributed by atoms with E-state index in [0.717, 1.165) is 11.6 Å². The summed E-state index contributed by atoms with van der Waals surface area (Å²) in [5, 5.41) is 7.22. The van der Waals surface area contributed by atoms with Gasteiger partial charge in [0.25, 0.3) is 0 Å². The first kappa shape index (κ1) is 30.3. The summed E-state index contributed by atoms with van der Waals surface area (Å²) in [4.78, 5) is 40.0. The van der Waals surface area contributed by atoms with Crippen LogP contribution < -0.4 is 15.4 Å². The molecule has 1 aliphatic rings. The summed E-state index contributed by atoms with van der Waals surface area (Å²) in [5.41, 5.74) is 0.371. The average molecular weight is 590 g/mol. The van der Waals surface area contributed by atoms with Gasteiger partial charge in [0.15, 0.2) is 0 Å². The lowest BCUT2D eigenvalue weighted by molar-refractivity contribution is -0.141. The van der Waals surface area contributed by atoms with Crippen LogP contribution in [-0.4, -0.2) is 34.7 Å². The molecule has 0 spiro atoms. The molecule has 218 valence electrons. The molecule has 1 heterocycles. The molecule has 1 aromatic heterocycles. The van der Waals surface area contributed by atoms with Crippen LogP contribution in [0.25, 0.3) is 10.9 Å². The average Bonchev–Trinajstić information content (AvgIpc) is 2.89. The molecule has 1 saturated carbocycles. The van der Waals surface area contributed by atoms with E-state index < -0.39 is 23.8 Å². The Morgan fingerprint density at radius 1 is 1.00 bits per heavy atom. The highest BCUT2D eigenvalue weighted by Gasteiger charge is 2.34. The third-order valence-electron chi connectivity index (χ3n) is 7.07. The summed E-state index contributed by atoms with van der Waals surface area (Å²) < 4.78 is 45.5. The van der Waals surface area contributed by atoms with Crippen LogP contribution in [0.1, 0.15) is 57.2 Å². The number of benzene rings is 2. The van der Waals surface area contributed by atoms with Crippen LogP contribution in [-0.2, 0) is 27.0 Å². The Bertz CT molecular complexity index is 1420. The van der Waals surface area contributed by atoms with E-state index in [1.807, 2.05) is 0 Å². The van der Waals surface area contributed by atoms with Gasteiger partial charge in [0.2, 0.25) is 5.91 Å². The van der Waals surface area contributed by atoms with Crippen molar-refractivity contribution in [2.75, 3.05) is 5.32 Å². The number of rotatable bonds is 9. The Hall–Kier alpha value is -3.66. The molecule has 0 saturated heterocycles. The van der Waals surface area contributed by atoms with Crippen molar-refractivity contribution in [3.05, 3.63) is 64.8 Å². The number of pyridine rings is 1. The van der Waals surface area contributed by atoms with Crippen molar-refractivity contribution >= 4 is 45.9 Å². The standard InChI is InChI=1S/C30H31ClF3N3O4/c1-17(38)13-20(14-19-3-10-24(11-4-19)41-18(2)39)29(40)36-23-8-6-22(7-9-23)35-27-16-28(30(32,33)34)37-26-12-5-21(31)15-25(26)27/h3-5,10-12,15-16,20,22-23H,6-9,13-14H2,1-2H3,(H,35,37)(H,36,40)/t20-,22?,23?/m0/s1. The van der Waals surface area contributed by atoms with Gasteiger partial charge in [-0.3, -0.25) is 9.59 Å². The van der Waals surface area contributed by atoms with Crippen molar-refractivity contribution in [2.45, 2.75) is 70.6 Å². The summed E-state index contributed by atoms with van der Waals surface area (Å²) in [6.45, 7) is 2.76. The predicted molar refractivity (Wildman–Crippen MR) is 150 cm³/mol. The molecule has 4 rings (SSSR count). The molecule has 3 aromatic rings. The van der Waals surface area contributed by atoms with Gasteiger partial charge in [-0.2, -0.15) is 13.2 Å². The quantitative estimate of drug-likeness (QED) is 0.218. The lowest BCUT2D eigenvalue weighted by Gasteiger charge is -2.31. The van der Waals surface area contributed by atoms with E-state index in [9.17, 15) is 27.6 Å². The second kappa shape index (κ2) is 12.9. The Morgan fingerprint density at radius 3 is 2.27 bits per heavy atom. The third kappa shape index (κ3) is 8.42. The molecule has 2 N–H and O–H groups in total. The van der Waals surface area contributed by atoms with Gasteiger partial charge in [-0.05, 0) is 81.0 Å². The maximum absolute atomic E-state index is 13.5. The lowest BCUT2D eigenvalue weighted by Crippen LogP contribution is -2.43. The lowest BCUT2D eigenvalue weighted by atomic mass is 9.89. The fourth-order valence-electron chi connectivity index (χ4n) is 5.13. The molecule has 11 heteroatoms. The Labute approximate surface area is 240 Å². The van der Waals surface area contributed by atoms with Crippen molar-refractivity contribution in [3.63, 3.8) is 0 Å². The zero-order valence-electron chi connectivity index (χ0n) is 22.7. The molecule has 1 amide bonds. The topological polar surface area (TPSA) is 97.4 Å². The summed E-state index contributed by atoms with van der Waals surface area (Å²) in [6, 6.07) is 12.2. The fourth-order valence-corrected chi connectivity index (χ4v) is 5.30. The maximum atomic E-state index is 13.5. The predicted octanol–water partition coefficient (Wildman–Crippen LogP) is 6.51. The summed E-state index contributed by atoms with van der Waals surface area (Å²) in [5.74, 6) is -0.905. The van der Waals surface area contributed by atoms with Crippen molar-refractivity contribution in [2.24, 2.45) is 5.92 Å². The number of Topliss-reactive ketones (excluding diaryl/α,β-unsaturated/α-hetero) is 1. The second-order valence-electron chi connectivity index (χ2n) is 10.5. The number of carbonyl (C=O) groups excluding carboxylic acids is 3. The number of alkyl halides is 3.